The molecule has 5 rings (SSSR count). The summed E-state index contributed by atoms with van der Waals surface area (Å²) in [7, 11) is 1.59. The molecule has 1 aliphatic carbocycles. The van der Waals surface area contributed by atoms with Crippen LogP contribution in [0.1, 0.15) is 61.8 Å². The van der Waals surface area contributed by atoms with E-state index in [1.54, 1.807) is 7.11 Å². The van der Waals surface area contributed by atoms with E-state index < -0.39 is 5.97 Å². The molecule has 1 N–H and O–H groups in total. The number of amides is 2. The first kappa shape index (κ1) is 28.0. The molecule has 214 valence electrons. The van der Waals surface area contributed by atoms with Gasteiger partial charge in [0.05, 0.1) is 26.2 Å². The number of hydrogen-bond donors (Lipinski definition) is 1. The maximum absolute atomic E-state index is 11.9. The molecule has 1 saturated heterocycles. The number of methoxy groups -OCH3 is 1. The van der Waals surface area contributed by atoms with Gasteiger partial charge in [0, 0.05) is 38.4 Å². The monoisotopic (exact) mass is 550 g/mol. The third-order valence-corrected chi connectivity index (χ3v) is 8.47. The number of carboxylic acids is 1. The number of imide groups is 1. The molecule has 40 heavy (non-hydrogen) atoms. The molecule has 3 aliphatic rings. The number of hydrogen-bond acceptors (Lipinski definition) is 7. The zero-order valence-electron chi connectivity index (χ0n) is 23.3. The van der Waals surface area contributed by atoms with Crippen LogP contribution in [0.4, 0.5) is 0 Å². The highest BCUT2D eigenvalue weighted by Gasteiger charge is 2.32. The van der Waals surface area contributed by atoms with E-state index in [0.717, 1.165) is 37.1 Å². The van der Waals surface area contributed by atoms with Gasteiger partial charge < -0.3 is 19.3 Å². The van der Waals surface area contributed by atoms with Gasteiger partial charge in [-0.2, -0.15) is 0 Å². The van der Waals surface area contributed by atoms with Gasteiger partial charge in [0.15, 0.2) is 11.5 Å². The molecule has 3 atom stereocenters. The van der Waals surface area contributed by atoms with E-state index in [1.165, 1.54) is 16.0 Å². The van der Waals surface area contributed by atoms with Crippen molar-refractivity contribution < 1.29 is 33.7 Å². The molecule has 0 radical (unpaired) electrons. The van der Waals surface area contributed by atoms with Crippen LogP contribution in [0.15, 0.2) is 36.4 Å². The number of likely N-dealkylation sites (tertiary alicyclic amines) is 1. The number of carboxylic acid groups (broad SMARTS) is 1. The first-order valence-electron chi connectivity index (χ1n) is 14.2. The highest BCUT2D eigenvalue weighted by atomic mass is 16.5. The minimum atomic E-state index is -0.695. The summed E-state index contributed by atoms with van der Waals surface area (Å²) in [5.41, 5.74) is 3.50. The number of rotatable bonds is 12. The van der Waals surface area contributed by atoms with E-state index in [4.69, 9.17) is 14.2 Å². The van der Waals surface area contributed by atoms with E-state index in [9.17, 15) is 19.5 Å². The molecule has 9 heteroatoms. The Morgan fingerprint density at radius 1 is 1.10 bits per heavy atom. The van der Waals surface area contributed by atoms with Crippen molar-refractivity contribution in [1.82, 2.24) is 9.80 Å². The van der Waals surface area contributed by atoms with Crippen LogP contribution in [0.2, 0.25) is 0 Å². The Morgan fingerprint density at radius 2 is 1.90 bits per heavy atom. The van der Waals surface area contributed by atoms with Crippen molar-refractivity contribution in [1.29, 1.82) is 0 Å². The van der Waals surface area contributed by atoms with Crippen LogP contribution < -0.4 is 14.2 Å². The van der Waals surface area contributed by atoms with Crippen molar-refractivity contribution in [3.8, 4) is 17.2 Å². The van der Waals surface area contributed by atoms with Gasteiger partial charge in [0.25, 0.3) is 0 Å². The van der Waals surface area contributed by atoms with Crippen molar-refractivity contribution in [2.45, 2.75) is 58.0 Å². The summed E-state index contributed by atoms with van der Waals surface area (Å²) in [5.74, 6) is 1.16. The van der Waals surface area contributed by atoms with Crippen LogP contribution in [-0.2, 0) is 27.3 Å². The lowest BCUT2D eigenvalue weighted by molar-refractivity contribution is -0.142. The Kier molecular flexibility index (Phi) is 8.59. The SMILES string of the molecule is COc1cc(CN(C[C@H]2CC[C@H](C(=O)O)C2)[C@H](C)c2ccc3c(c2)CCO3)ccc1OCCN1C(=O)CCC1=O. The number of aliphatic carboxylic acids is 1. The number of carbonyl (C=O) groups is 3. The predicted octanol–water partition coefficient (Wildman–Crippen LogP) is 4.22. The van der Waals surface area contributed by atoms with Gasteiger partial charge in [0.2, 0.25) is 11.8 Å². The van der Waals surface area contributed by atoms with Gasteiger partial charge in [-0.3, -0.25) is 24.2 Å². The van der Waals surface area contributed by atoms with Crippen LogP contribution in [0.3, 0.4) is 0 Å². The average Bonchev–Trinajstić information content (AvgIpc) is 3.69. The van der Waals surface area contributed by atoms with Gasteiger partial charge in [0.1, 0.15) is 12.4 Å². The molecular weight excluding hydrogens is 512 g/mol. The second-order valence-corrected chi connectivity index (χ2v) is 11.1. The lowest BCUT2D eigenvalue weighted by Crippen LogP contribution is -2.33. The molecular formula is C31H38N2O7. The summed E-state index contributed by atoms with van der Waals surface area (Å²) in [4.78, 5) is 39.0. The molecule has 2 amide bonds. The van der Waals surface area contributed by atoms with Crippen molar-refractivity contribution >= 4 is 17.8 Å². The van der Waals surface area contributed by atoms with Crippen LogP contribution in [0, 0.1) is 11.8 Å². The van der Waals surface area contributed by atoms with Crippen molar-refractivity contribution in [3.63, 3.8) is 0 Å². The largest absolute Gasteiger partial charge is 0.493 e. The molecule has 1 saturated carbocycles. The molecule has 2 aromatic carbocycles. The van der Waals surface area contributed by atoms with Crippen LogP contribution in [-0.4, -0.2) is 66.1 Å². The fraction of sp³-hybridized carbons (Fsp3) is 0.516. The van der Waals surface area contributed by atoms with Crippen molar-refractivity contribution in [2.24, 2.45) is 11.8 Å². The summed E-state index contributed by atoms with van der Waals surface area (Å²) in [6.45, 7) is 4.81. The molecule has 0 spiro atoms. The van der Waals surface area contributed by atoms with Crippen LogP contribution in [0.25, 0.3) is 0 Å². The van der Waals surface area contributed by atoms with E-state index in [1.807, 2.05) is 18.2 Å². The minimum Gasteiger partial charge on any atom is -0.493 e. The Morgan fingerprint density at radius 3 is 2.62 bits per heavy atom. The third kappa shape index (κ3) is 6.25. The van der Waals surface area contributed by atoms with Gasteiger partial charge in [-0.1, -0.05) is 18.2 Å². The fourth-order valence-corrected chi connectivity index (χ4v) is 6.12. The molecule has 2 heterocycles. The first-order chi connectivity index (χ1) is 19.3. The van der Waals surface area contributed by atoms with Gasteiger partial charge in [-0.25, -0.2) is 0 Å². The lowest BCUT2D eigenvalue weighted by atomic mass is 9.99. The maximum atomic E-state index is 11.9. The molecule has 0 bridgehead atoms. The van der Waals surface area contributed by atoms with Crippen LogP contribution in [0.5, 0.6) is 17.2 Å². The lowest BCUT2D eigenvalue weighted by Gasteiger charge is -2.32. The number of nitrogens with zero attached hydrogens (tertiary/aromatic N) is 2. The van der Waals surface area contributed by atoms with E-state index >= 15 is 0 Å². The molecule has 0 unspecified atom stereocenters. The number of benzene rings is 2. The predicted molar refractivity (Wildman–Crippen MR) is 147 cm³/mol. The average molecular weight is 551 g/mol. The molecule has 2 aromatic rings. The quantitative estimate of drug-likeness (QED) is 0.392. The van der Waals surface area contributed by atoms with Gasteiger partial charge >= 0.3 is 5.97 Å². The molecule has 0 aromatic heterocycles. The summed E-state index contributed by atoms with van der Waals surface area (Å²) < 4.78 is 17.2. The normalized spacial score (nSPS) is 21.0. The van der Waals surface area contributed by atoms with Gasteiger partial charge in [-0.15, -0.1) is 0 Å². The van der Waals surface area contributed by atoms with Gasteiger partial charge in [-0.05, 0) is 67.0 Å². The maximum Gasteiger partial charge on any atom is 0.306 e. The Hall–Kier alpha value is -3.59. The standard InChI is InChI=1S/C31H38N2O7/c1-20(23-6-8-26-24(17-23)11-13-39-26)32(18-21-3-5-25(15-21)31(36)37)19-22-4-7-27(28(16-22)38-2)40-14-12-33-29(34)9-10-30(33)35/h4,6-8,16-17,20-21,25H,3,5,9-15,18-19H2,1-2H3,(H,36,37)/t20-,21+,25+/m1/s1. The van der Waals surface area contributed by atoms with Crippen molar-refractivity contribution in [3.05, 3.63) is 53.1 Å². The molecule has 9 nitrogen and oxygen atoms in total. The third-order valence-electron chi connectivity index (χ3n) is 8.47. The van der Waals surface area contributed by atoms with Crippen LogP contribution >= 0.6 is 0 Å². The highest BCUT2D eigenvalue weighted by molar-refractivity contribution is 6.01. The van der Waals surface area contributed by atoms with E-state index in [-0.39, 0.29) is 49.8 Å². The Labute approximate surface area is 235 Å². The first-order valence-corrected chi connectivity index (χ1v) is 14.2. The van der Waals surface area contributed by atoms with E-state index in [2.05, 4.69) is 30.0 Å². The second-order valence-electron chi connectivity index (χ2n) is 11.1. The Bertz CT molecular complexity index is 1250. The topological polar surface area (TPSA) is 106 Å². The second kappa shape index (κ2) is 12.3. The zero-order valence-corrected chi connectivity index (χ0v) is 23.3. The number of fused-ring (bicyclic) bond motifs is 1. The van der Waals surface area contributed by atoms with Crippen molar-refractivity contribution in [2.75, 3.05) is 33.4 Å². The number of carbonyl (C=O) groups excluding carboxylic acids is 2. The van der Waals surface area contributed by atoms with E-state index in [0.29, 0.717) is 37.0 Å². The highest BCUT2D eigenvalue weighted by Crippen LogP contribution is 2.36. The smallest absolute Gasteiger partial charge is 0.306 e. The summed E-state index contributed by atoms with van der Waals surface area (Å²) >= 11 is 0. The summed E-state index contributed by atoms with van der Waals surface area (Å²) in [6, 6.07) is 12.4. The molecule has 2 aliphatic heterocycles. The summed E-state index contributed by atoms with van der Waals surface area (Å²) in [6.07, 6.45) is 3.79. The molecule has 2 fully saturated rings. The minimum absolute atomic E-state index is 0.118. The fourth-order valence-electron chi connectivity index (χ4n) is 6.12. The Balaban J connectivity index is 1.30. The summed E-state index contributed by atoms with van der Waals surface area (Å²) in [5, 5.41) is 9.52. The number of ether oxygens (including phenoxy) is 3. The zero-order chi connectivity index (χ0) is 28.2.